The Labute approximate surface area is 174 Å². The van der Waals surface area contributed by atoms with Gasteiger partial charge in [-0.3, -0.25) is 9.59 Å². The minimum atomic E-state index is -0.313. The van der Waals surface area contributed by atoms with Crippen LogP contribution in [0, 0.1) is 17.8 Å². The molecule has 162 valence electrons. The normalized spacial score (nSPS) is 30.8. The third-order valence-corrected chi connectivity index (χ3v) is 6.97. The van der Waals surface area contributed by atoms with Gasteiger partial charge >= 0.3 is 5.97 Å². The Balaban J connectivity index is 1.59. The average Bonchev–Trinajstić information content (AvgIpc) is 3.01. The van der Waals surface area contributed by atoms with Crippen molar-refractivity contribution in [2.45, 2.75) is 84.3 Å². The third kappa shape index (κ3) is 4.76. The first-order valence-corrected chi connectivity index (χ1v) is 11.1. The molecule has 0 saturated carbocycles. The number of hydrogen-bond acceptors (Lipinski definition) is 5. The number of Topliss-reactive ketones (excluding diaryl/α,β-unsaturated/α-hetero) is 1. The molecule has 2 aliphatic carbocycles. The topological polar surface area (TPSA) is 61.8 Å². The largest absolute Gasteiger partial charge is 0.491 e. The van der Waals surface area contributed by atoms with E-state index in [0.29, 0.717) is 18.4 Å². The van der Waals surface area contributed by atoms with Crippen molar-refractivity contribution in [2.24, 2.45) is 17.8 Å². The molecule has 0 spiro atoms. The number of ether oxygens (including phenoxy) is 3. The van der Waals surface area contributed by atoms with Crippen LogP contribution in [0.25, 0.3) is 0 Å². The summed E-state index contributed by atoms with van der Waals surface area (Å²) in [5, 5.41) is 0. The molecule has 5 atom stereocenters. The van der Waals surface area contributed by atoms with Crippen LogP contribution in [-0.4, -0.2) is 37.2 Å². The summed E-state index contributed by atoms with van der Waals surface area (Å²) < 4.78 is 16.9. The smallest absolute Gasteiger partial charge is 0.302 e. The van der Waals surface area contributed by atoms with Gasteiger partial charge in [-0.2, -0.15) is 0 Å². The van der Waals surface area contributed by atoms with E-state index in [1.807, 2.05) is 0 Å². The first kappa shape index (κ1) is 22.1. The number of allylic oxidation sites excluding steroid dienone is 1. The zero-order valence-electron chi connectivity index (χ0n) is 18.6. The van der Waals surface area contributed by atoms with E-state index in [1.54, 1.807) is 7.11 Å². The lowest BCUT2D eigenvalue weighted by atomic mass is 9.73. The second-order valence-electron chi connectivity index (χ2n) is 9.35. The maximum atomic E-state index is 12.8. The van der Waals surface area contributed by atoms with Gasteiger partial charge in [-0.05, 0) is 44.4 Å². The summed E-state index contributed by atoms with van der Waals surface area (Å²) in [6.07, 6.45) is 8.51. The molecule has 1 heterocycles. The zero-order valence-corrected chi connectivity index (χ0v) is 18.6. The quantitative estimate of drug-likeness (QED) is 0.432. The molecule has 0 aromatic carbocycles. The van der Waals surface area contributed by atoms with Crippen molar-refractivity contribution < 1.29 is 23.8 Å². The monoisotopic (exact) mass is 404 g/mol. The first-order valence-electron chi connectivity index (χ1n) is 11.1. The molecule has 5 heteroatoms. The van der Waals surface area contributed by atoms with Gasteiger partial charge in [0.25, 0.3) is 0 Å². The molecule has 1 aliphatic heterocycles. The van der Waals surface area contributed by atoms with Crippen LogP contribution in [0.2, 0.25) is 0 Å². The summed E-state index contributed by atoms with van der Waals surface area (Å²) >= 11 is 0. The van der Waals surface area contributed by atoms with Crippen LogP contribution in [0.4, 0.5) is 0 Å². The number of esters is 1. The highest BCUT2D eigenvalue weighted by molar-refractivity contribution is 6.00. The molecular formula is C24H36O5. The van der Waals surface area contributed by atoms with Gasteiger partial charge in [0.05, 0.1) is 6.61 Å². The Morgan fingerprint density at radius 2 is 2.10 bits per heavy atom. The minimum absolute atomic E-state index is 0.119. The highest BCUT2D eigenvalue weighted by Crippen LogP contribution is 2.51. The van der Waals surface area contributed by atoms with E-state index < -0.39 is 0 Å². The second-order valence-corrected chi connectivity index (χ2v) is 9.35. The summed E-state index contributed by atoms with van der Waals surface area (Å²) in [6.45, 7) is 8.58. The van der Waals surface area contributed by atoms with Crippen molar-refractivity contribution in [3.8, 4) is 0 Å². The molecule has 0 radical (unpaired) electrons. The molecule has 0 bridgehead atoms. The van der Waals surface area contributed by atoms with E-state index in [0.717, 1.165) is 56.3 Å². The highest BCUT2D eigenvalue weighted by Gasteiger charge is 2.49. The average molecular weight is 405 g/mol. The fourth-order valence-corrected chi connectivity index (χ4v) is 5.14. The van der Waals surface area contributed by atoms with Crippen molar-refractivity contribution >= 4 is 11.8 Å². The summed E-state index contributed by atoms with van der Waals surface area (Å²) in [5.41, 5.74) is 2.09. The van der Waals surface area contributed by atoms with Gasteiger partial charge in [0.2, 0.25) is 0 Å². The Bertz CT molecular complexity index is 706. The molecule has 0 saturated heterocycles. The molecule has 5 unspecified atom stereocenters. The number of ketones is 1. The number of carbonyl (C=O) groups is 2. The molecule has 3 aliphatic rings. The first-order chi connectivity index (χ1) is 13.7. The van der Waals surface area contributed by atoms with Gasteiger partial charge in [-0.15, -0.1) is 0 Å². The van der Waals surface area contributed by atoms with Crippen molar-refractivity contribution in [3.63, 3.8) is 0 Å². The number of rotatable bonds is 8. The second kappa shape index (κ2) is 9.03. The lowest BCUT2D eigenvalue weighted by Gasteiger charge is -2.43. The highest BCUT2D eigenvalue weighted by atomic mass is 16.5. The molecule has 29 heavy (non-hydrogen) atoms. The van der Waals surface area contributed by atoms with Crippen molar-refractivity contribution in [3.05, 3.63) is 23.0 Å². The van der Waals surface area contributed by atoms with Crippen LogP contribution in [0.5, 0.6) is 0 Å². The lowest BCUT2D eigenvalue weighted by molar-refractivity contribution is -0.142. The predicted molar refractivity (Wildman–Crippen MR) is 111 cm³/mol. The Kier molecular flexibility index (Phi) is 6.87. The molecular weight excluding hydrogens is 368 g/mol. The molecule has 0 aromatic rings. The number of methoxy groups -OCH3 is 1. The van der Waals surface area contributed by atoms with E-state index >= 15 is 0 Å². The molecule has 0 fully saturated rings. The van der Waals surface area contributed by atoms with Gasteiger partial charge < -0.3 is 14.2 Å². The number of carbonyl (C=O) groups excluding carboxylic acids is 2. The SMILES string of the molecule is COC1CCC2=C(CC3C(C(C)CCCC(C)COC(C)=O)=CCC3(C)O2)C1=O. The van der Waals surface area contributed by atoms with Gasteiger partial charge in [0, 0.05) is 38.4 Å². The Morgan fingerprint density at radius 3 is 2.79 bits per heavy atom. The van der Waals surface area contributed by atoms with E-state index in [-0.39, 0.29) is 29.4 Å². The predicted octanol–water partition coefficient (Wildman–Crippen LogP) is 4.75. The standard InChI is InChI=1S/C24H36O5/c1-15(14-28-17(3)25)7-6-8-16(2)18-11-12-24(4)20(18)13-19-21(29-24)9-10-22(27-5)23(19)26/h11,15-16,20,22H,6-10,12-14H2,1-5H3. The van der Waals surface area contributed by atoms with Gasteiger partial charge in [-0.1, -0.05) is 31.9 Å². The van der Waals surface area contributed by atoms with Crippen LogP contribution >= 0.6 is 0 Å². The van der Waals surface area contributed by atoms with Crippen molar-refractivity contribution in [1.82, 2.24) is 0 Å². The van der Waals surface area contributed by atoms with Crippen LogP contribution in [0.3, 0.4) is 0 Å². The van der Waals surface area contributed by atoms with Crippen LogP contribution in [0.15, 0.2) is 23.0 Å². The summed E-state index contributed by atoms with van der Waals surface area (Å²) in [4.78, 5) is 23.8. The van der Waals surface area contributed by atoms with Gasteiger partial charge in [-0.25, -0.2) is 0 Å². The van der Waals surface area contributed by atoms with E-state index in [1.165, 1.54) is 12.5 Å². The fourth-order valence-electron chi connectivity index (χ4n) is 5.14. The Hall–Kier alpha value is -1.62. The lowest BCUT2D eigenvalue weighted by Crippen LogP contribution is -2.43. The molecule has 0 N–H and O–H groups in total. The summed E-state index contributed by atoms with van der Waals surface area (Å²) in [7, 11) is 1.62. The van der Waals surface area contributed by atoms with Gasteiger partial charge in [0.1, 0.15) is 17.5 Å². The molecule has 5 nitrogen and oxygen atoms in total. The minimum Gasteiger partial charge on any atom is -0.491 e. The summed E-state index contributed by atoms with van der Waals surface area (Å²) in [6, 6.07) is 0. The van der Waals surface area contributed by atoms with Crippen LogP contribution < -0.4 is 0 Å². The van der Waals surface area contributed by atoms with Crippen LogP contribution in [0.1, 0.15) is 72.6 Å². The maximum Gasteiger partial charge on any atom is 0.302 e. The van der Waals surface area contributed by atoms with Crippen molar-refractivity contribution in [1.29, 1.82) is 0 Å². The van der Waals surface area contributed by atoms with E-state index in [4.69, 9.17) is 14.2 Å². The number of hydrogen-bond donors (Lipinski definition) is 0. The molecule has 3 rings (SSSR count). The fraction of sp³-hybridized carbons (Fsp3) is 0.750. The van der Waals surface area contributed by atoms with Gasteiger partial charge in [0.15, 0.2) is 5.78 Å². The summed E-state index contributed by atoms with van der Waals surface area (Å²) in [5.74, 6) is 1.93. The van der Waals surface area contributed by atoms with E-state index in [2.05, 4.69) is 26.8 Å². The molecule has 0 amide bonds. The number of fused-ring (bicyclic) bond motifs is 1. The molecule has 0 aromatic heterocycles. The maximum absolute atomic E-state index is 12.8. The zero-order chi connectivity index (χ0) is 21.2. The third-order valence-electron chi connectivity index (χ3n) is 6.97. The Morgan fingerprint density at radius 1 is 1.34 bits per heavy atom. The van der Waals surface area contributed by atoms with E-state index in [9.17, 15) is 9.59 Å². The van der Waals surface area contributed by atoms with Crippen LogP contribution in [-0.2, 0) is 23.8 Å². The van der Waals surface area contributed by atoms with Crippen molar-refractivity contribution in [2.75, 3.05) is 13.7 Å².